The van der Waals surface area contributed by atoms with Crippen LogP contribution in [0.1, 0.15) is 45.1 Å². The molecule has 226 valence electrons. The second-order valence-electron chi connectivity index (χ2n) is 10.7. The summed E-state index contributed by atoms with van der Waals surface area (Å²) in [7, 11) is 0. The lowest BCUT2D eigenvalue weighted by Gasteiger charge is -2.31. The maximum absolute atomic E-state index is 14.7. The second kappa shape index (κ2) is 13.0. The highest BCUT2D eigenvalue weighted by Gasteiger charge is 2.36. The van der Waals surface area contributed by atoms with E-state index >= 15 is 0 Å². The maximum Gasteiger partial charge on any atom is 0.416 e. The Labute approximate surface area is 247 Å². The molecule has 11 heteroatoms. The molecule has 2 amide bonds. The van der Waals surface area contributed by atoms with Crippen molar-refractivity contribution in [3.63, 3.8) is 0 Å². The summed E-state index contributed by atoms with van der Waals surface area (Å²) in [6.45, 7) is 4.62. The Hall–Kier alpha value is -4.09. The van der Waals surface area contributed by atoms with Gasteiger partial charge in [-0.15, -0.1) is 0 Å². The molecule has 2 heterocycles. The van der Waals surface area contributed by atoms with Gasteiger partial charge in [-0.1, -0.05) is 48.0 Å². The van der Waals surface area contributed by atoms with Crippen LogP contribution >= 0.6 is 0 Å². The van der Waals surface area contributed by atoms with Crippen molar-refractivity contribution in [3.05, 3.63) is 106 Å². The van der Waals surface area contributed by atoms with Crippen molar-refractivity contribution < 1.29 is 31.9 Å². The van der Waals surface area contributed by atoms with Crippen LogP contribution in [0.5, 0.6) is 0 Å². The molecule has 0 N–H and O–H groups in total. The minimum absolute atomic E-state index is 0.0369. The highest BCUT2D eigenvalue weighted by Crippen LogP contribution is 2.34. The Kier molecular flexibility index (Phi) is 9.22. The number of rotatable bonds is 8. The van der Waals surface area contributed by atoms with E-state index in [2.05, 4.69) is 10.0 Å². The first kappa shape index (κ1) is 30.4. The lowest BCUT2D eigenvalue weighted by Crippen LogP contribution is -2.46. The Morgan fingerprint density at radius 1 is 0.977 bits per heavy atom. The van der Waals surface area contributed by atoms with Gasteiger partial charge in [0, 0.05) is 43.7 Å². The SMILES string of the molecule is Cc1ccc([C@H]2CC(c3ccccc3F)=NN2C(=O)CN(CCN2CCOCC2)C(=O)c2ccc(C(F)(F)F)cc2)cc1. The second-order valence-corrected chi connectivity index (χ2v) is 10.7. The van der Waals surface area contributed by atoms with Gasteiger partial charge in [0.25, 0.3) is 11.8 Å². The Balaban J connectivity index is 1.42. The number of amides is 2. The summed E-state index contributed by atoms with van der Waals surface area (Å²) in [6, 6.07) is 17.3. The van der Waals surface area contributed by atoms with Crippen molar-refractivity contribution in [2.24, 2.45) is 5.10 Å². The maximum atomic E-state index is 14.7. The minimum atomic E-state index is -4.54. The van der Waals surface area contributed by atoms with Crippen molar-refractivity contribution in [1.82, 2.24) is 14.8 Å². The summed E-state index contributed by atoms with van der Waals surface area (Å²) in [4.78, 5) is 30.9. The summed E-state index contributed by atoms with van der Waals surface area (Å²) >= 11 is 0. The van der Waals surface area contributed by atoms with E-state index in [1.54, 1.807) is 18.2 Å². The summed E-state index contributed by atoms with van der Waals surface area (Å²) in [5.74, 6) is -1.51. The third kappa shape index (κ3) is 7.29. The van der Waals surface area contributed by atoms with E-state index in [4.69, 9.17) is 4.74 Å². The topological polar surface area (TPSA) is 65.5 Å². The molecule has 2 aliphatic heterocycles. The van der Waals surface area contributed by atoms with Crippen LogP contribution in [-0.2, 0) is 15.7 Å². The fourth-order valence-corrected chi connectivity index (χ4v) is 5.21. The number of alkyl halides is 3. The van der Waals surface area contributed by atoms with E-state index in [1.807, 2.05) is 31.2 Å². The van der Waals surface area contributed by atoms with Crippen LogP contribution in [0.3, 0.4) is 0 Å². The molecule has 7 nitrogen and oxygen atoms in total. The molecule has 0 saturated carbocycles. The van der Waals surface area contributed by atoms with Crippen molar-refractivity contribution in [2.45, 2.75) is 25.6 Å². The van der Waals surface area contributed by atoms with Crippen molar-refractivity contribution in [3.8, 4) is 0 Å². The molecule has 0 aromatic heterocycles. The summed E-state index contributed by atoms with van der Waals surface area (Å²) < 4.78 is 59.5. The summed E-state index contributed by atoms with van der Waals surface area (Å²) in [6.07, 6.45) is -4.27. The number of hydrazone groups is 1. The summed E-state index contributed by atoms with van der Waals surface area (Å²) in [5, 5.41) is 5.84. The molecule has 43 heavy (non-hydrogen) atoms. The van der Waals surface area contributed by atoms with E-state index in [-0.39, 0.29) is 25.1 Å². The minimum Gasteiger partial charge on any atom is -0.379 e. The highest BCUT2D eigenvalue weighted by atomic mass is 19.4. The van der Waals surface area contributed by atoms with E-state index in [0.717, 1.165) is 35.4 Å². The molecule has 5 rings (SSSR count). The third-order valence-electron chi connectivity index (χ3n) is 7.68. The van der Waals surface area contributed by atoms with Crippen LogP contribution in [0.4, 0.5) is 17.6 Å². The van der Waals surface area contributed by atoms with Gasteiger partial charge in [-0.3, -0.25) is 14.5 Å². The van der Waals surface area contributed by atoms with Crippen molar-refractivity contribution >= 4 is 17.5 Å². The normalized spacial score (nSPS) is 17.6. The molecular formula is C32H32F4N4O3. The first-order chi connectivity index (χ1) is 20.6. The molecule has 3 aromatic carbocycles. The number of morpholine rings is 1. The number of aryl methyl sites for hydroxylation is 1. The fourth-order valence-electron chi connectivity index (χ4n) is 5.21. The lowest BCUT2D eigenvalue weighted by atomic mass is 9.97. The van der Waals surface area contributed by atoms with Gasteiger partial charge >= 0.3 is 6.18 Å². The highest BCUT2D eigenvalue weighted by molar-refractivity contribution is 6.04. The van der Waals surface area contributed by atoms with E-state index in [1.165, 1.54) is 16.0 Å². The molecule has 3 aromatic rings. The Bertz CT molecular complexity index is 1470. The summed E-state index contributed by atoms with van der Waals surface area (Å²) in [5.41, 5.74) is 1.71. The van der Waals surface area contributed by atoms with Crippen LogP contribution in [0.2, 0.25) is 0 Å². The van der Waals surface area contributed by atoms with Gasteiger partial charge in [0.15, 0.2) is 0 Å². The average molecular weight is 597 g/mol. The Morgan fingerprint density at radius 3 is 2.30 bits per heavy atom. The Morgan fingerprint density at radius 2 is 1.65 bits per heavy atom. The first-order valence-corrected chi connectivity index (χ1v) is 14.1. The third-order valence-corrected chi connectivity index (χ3v) is 7.68. The molecule has 0 bridgehead atoms. The number of hydrogen-bond acceptors (Lipinski definition) is 5. The van der Waals surface area contributed by atoms with Crippen LogP contribution in [-0.4, -0.2) is 78.3 Å². The number of benzene rings is 3. The number of ether oxygens (including phenoxy) is 1. The smallest absolute Gasteiger partial charge is 0.379 e. The van der Waals surface area contributed by atoms with Crippen molar-refractivity contribution in [1.29, 1.82) is 0 Å². The largest absolute Gasteiger partial charge is 0.416 e. The predicted octanol–water partition coefficient (Wildman–Crippen LogP) is 5.31. The van der Waals surface area contributed by atoms with Crippen LogP contribution in [0, 0.1) is 12.7 Å². The molecular weight excluding hydrogens is 564 g/mol. The molecule has 0 aliphatic carbocycles. The molecule has 1 saturated heterocycles. The number of carbonyl (C=O) groups excluding carboxylic acids is 2. The lowest BCUT2D eigenvalue weighted by molar-refractivity contribution is -0.137. The number of nitrogens with zero attached hydrogens (tertiary/aromatic N) is 4. The van der Waals surface area contributed by atoms with Gasteiger partial charge in [-0.2, -0.15) is 18.3 Å². The van der Waals surface area contributed by atoms with Gasteiger partial charge in [-0.25, -0.2) is 9.40 Å². The molecule has 0 unspecified atom stereocenters. The standard InChI is InChI=1S/C32H32F4N4O3/c1-22-6-8-23(9-7-22)29-20-28(26-4-2-3-5-27(26)33)37-40(29)30(41)21-39(15-14-38-16-18-43-19-17-38)31(42)24-10-12-25(13-11-24)32(34,35)36/h2-13,29H,14-21H2,1H3/t29-/m1/s1. The van der Waals surface area contributed by atoms with Gasteiger partial charge in [-0.05, 0) is 42.8 Å². The molecule has 2 aliphatic rings. The van der Waals surface area contributed by atoms with Crippen LogP contribution in [0.25, 0.3) is 0 Å². The fraction of sp³-hybridized carbons (Fsp3) is 0.344. The predicted molar refractivity (Wildman–Crippen MR) is 153 cm³/mol. The van der Waals surface area contributed by atoms with E-state index in [9.17, 15) is 27.2 Å². The number of carbonyl (C=O) groups is 2. The molecule has 1 fully saturated rings. The zero-order valence-electron chi connectivity index (χ0n) is 23.7. The first-order valence-electron chi connectivity index (χ1n) is 14.1. The van der Waals surface area contributed by atoms with E-state index < -0.39 is 35.4 Å². The van der Waals surface area contributed by atoms with Gasteiger partial charge in [0.2, 0.25) is 0 Å². The van der Waals surface area contributed by atoms with Gasteiger partial charge in [0.1, 0.15) is 12.4 Å². The van der Waals surface area contributed by atoms with Crippen LogP contribution < -0.4 is 0 Å². The zero-order valence-corrected chi connectivity index (χ0v) is 23.7. The number of hydrogen-bond donors (Lipinski definition) is 0. The van der Waals surface area contributed by atoms with Crippen molar-refractivity contribution in [2.75, 3.05) is 45.9 Å². The molecule has 0 spiro atoms. The molecule has 1 atom stereocenters. The quantitative estimate of drug-likeness (QED) is 0.331. The zero-order chi connectivity index (χ0) is 30.6. The van der Waals surface area contributed by atoms with Gasteiger partial charge in [0.05, 0.1) is 30.5 Å². The average Bonchev–Trinajstić information content (AvgIpc) is 3.45. The van der Waals surface area contributed by atoms with Crippen LogP contribution in [0.15, 0.2) is 77.9 Å². The van der Waals surface area contributed by atoms with Gasteiger partial charge < -0.3 is 9.64 Å². The monoisotopic (exact) mass is 596 g/mol. The molecule has 0 radical (unpaired) electrons. The van der Waals surface area contributed by atoms with E-state index in [0.29, 0.717) is 44.1 Å². The number of halogens is 4.